The monoisotopic (exact) mass is 370 g/mol. The molecule has 0 aliphatic rings. The quantitative estimate of drug-likeness (QED) is 0.521. The summed E-state index contributed by atoms with van der Waals surface area (Å²) in [4.78, 5) is 32.1. The molecule has 7 nitrogen and oxygen atoms in total. The van der Waals surface area contributed by atoms with Gasteiger partial charge in [-0.15, -0.1) is 0 Å². The summed E-state index contributed by atoms with van der Waals surface area (Å²) >= 11 is 0. The third kappa shape index (κ3) is 3.37. The number of amides is 1. The van der Waals surface area contributed by atoms with Crippen molar-refractivity contribution in [3.63, 3.8) is 0 Å². The highest BCUT2D eigenvalue weighted by Gasteiger charge is 2.11. The maximum absolute atomic E-state index is 11.5. The largest absolute Gasteiger partial charge is 0.345 e. The molecule has 0 aliphatic heterocycles. The summed E-state index contributed by atoms with van der Waals surface area (Å²) < 4.78 is 0. The van der Waals surface area contributed by atoms with Crippen molar-refractivity contribution < 1.29 is 4.79 Å². The zero-order chi connectivity index (χ0) is 19.5. The van der Waals surface area contributed by atoms with E-state index in [0.717, 1.165) is 45.5 Å². The van der Waals surface area contributed by atoms with Gasteiger partial charge in [-0.05, 0) is 30.7 Å². The number of carbonyl (C=O) groups excluding carboxylic acids is 1. The summed E-state index contributed by atoms with van der Waals surface area (Å²) in [7, 11) is 0. The van der Waals surface area contributed by atoms with Gasteiger partial charge in [0, 0.05) is 46.4 Å². The van der Waals surface area contributed by atoms with Gasteiger partial charge < -0.3 is 10.3 Å². The van der Waals surface area contributed by atoms with Crippen molar-refractivity contribution in [2.24, 2.45) is 0 Å². The van der Waals surface area contributed by atoms with Gasteiger partial charge in [0.1, 0.15) is 12.0 Å². The smallest absolute Gasteiger partial charge is 0.247 e. The lowest BCUT2D eigenvalue weighted by Crippen LogP contribution is -2.07. The van der Waals surface area contributed by atoms with E-state index in [1.54, 1.807) is 24.9 Å². The van der Waals surface area contributed by atoms with Gasteiger partial charge in [0.2, 0.25) is 5.91 Å². The van der Waals surface area contributed by atoms with E-state index in [4.69, 9.17) is 0 Å². The van der Waals surface area contributed by atoms with E-state index in [1.165, 1.54) is 6.08 Å². The van der Waals surface area contributed by atoms with Crippen LogP contribution in [-0.2, 0) is 11.2 Å². The zero-order valence-electron chi connectivity index (χ0n) is 15.3. The molecule has 138 valence electrons. The minimum Gasteiger partial charge on any atom is -0.345 e. The Morgan fingerprint density at radius 1 is 1.14 bits per heavy atom. The molecule has 4 aromatic heterocycles. The number of carbonyl (C=O) groups is 1. The number of fused-ring (bicyclic) bond motifs is 1. The molecule has 0 atom stereocenters. The van der Waals surface area contributed by atoms with Crippen molar-refractivity contribution in [2.45, 2.75) is 13.3 Å². The number of nitrogens with zero attached hydrogens (tertiary/aromatic N) is 4. The lowest BCUT2D eigenvalue weighted by atomic mass is 10.1. The van der Waals surface area contributed by atoms with Gasteiger partial charge in [-0.2, -0.15) is 0 Å². The number of anilines is 1. The van der Waals surface area contributed by atoms with Crippen molar-refractivity contribution in [2.75, 3.05) is 5.32 Å². The van der Waals surface area contributed by atoms with Crippen LogP contribution < -0.4 is 5.32 Å². The maximum atomic E-state index is 11.5. The first kappa shape index (κ1) is 17.5. The molecule has 4 rings (SSSR count). The van der Waals surface area contributed by atoms with E-state index < -0.39 is 0 Å². The Morgan fingerprint density at radius 2 is 2.00 bits per heavy atom. The molecule has 0 saturated heterocycles. The van der Waals surface area contributed by atoms with Crippen LogP contribution in [0.25, 0.3) is 33.4 Å². The number of pyridine rings is 2. The van der Waals surface area contributed by atoms with Crippen LogP contribution in [0.4, 0.5) is 5.69 Å². The number of hydrogen-bond acceptors (Lipinski definition) is 5. The van der Waals surface area contributed by atoms with Crippen LogP contribution in [-0.4, -0.2) is 30.8 Å². The summed E-state index contributed by atoms with van der Waals surface area (Å²) in [6.45, 7) is 5.52. The van der Waals surface area contributed by atoms with E-state index in [9.17, 15) is 4.79 Å². The molecule has 0 aromatic carbocycles. The number of nitrogens with one attached hydrogen (secondary N) is 2. The van der Waals surface area contributed by atoms with Gasteiger partial charge in [0.05, 0.1) is 17.6 Å². The summed E-state index contributed by atoms with van der Waals surface area (Å²) in [5.41, 5.74) is 5.91. The molecule has 0 spiro atoms. The molecule has 7 heteroatoms. The van der Waals surface area contributed by atoms with Crippen LogP contribution >= 0.6 is 0 Å². The topological polar surface area (TPSA) is 96.5 Å². The molecule has 4 heterocycles. The molecule has 1 amide bonds. The third-order valence-electron chi connectivity index (χ3n) is 4.42. The molecule has 0 bridgehead atoms. The van der Waals surface area contributed by atoms with Crippen LogP contribution in [0.2, 0.25) is 0 Å². The molecule has 0 radical (unpaired) electrons. The fourth-order valence-electron chi connectivity index (χ4n) is 2.97. The fourth-order valence-corrected chi connectivity index (χ4v) is 2.97. The average Bonchev–Trinajstić information content (AvgIpc) is 3.17. The molecule has 0 unspecified atom stereocenters. The van der Waals surface area contributed by atoms with Crippen molar-refractivity contribution >= 4 is 22.6 Å². The van der Waals surface area contributed by atoms with Crippen LogP contribution in [0.1, 0.15) is 12.6 Å². The summed E-state index contributed by atoms with van der Waals surface area (Å²) in [5.74, 6) is -0.282. The Morgan fingerprint density at radius 3 is 2.82 bits per heavy atom. The highest BCUT2D eigenvalue weighted by molar-refractivity contribution is 5.99. The first-order chi connectivity index (χ1) is 13.7. The van der Waals surface area contributed by atoms with E-state index >= 15 is 0 Å². The van der Waals surface area contributed by atoms with Crippen molar-refractivity contribution in [3.8, 4) is 22.4 Å². The van der Waals surface area contributed by atoms with E-state index in [0.29, 0.717) is 5.69 Å². The second kappa shape index (κ2) is 7.40. The van der Waals surface area contributed by atoms with Crippen molar-refractivity contribution in [3.05, 3.63) is 67.7 Å². The second-order valence-electron chi connectivity index (χ2n) is 6.23. The summed E-state index contributed by atoms with van der Waals surface area (Å²) in [5, 5.41) is 3.68. The lowest BCUT2D eigenvalue weighted by Gasteiger charge is -2.06. The third-order valence-corrected chi connectivity index (χ3v) is 4.42. The number of aromatic amines is 1. The first-order valence-electron chi connectivity index (χ1n) is 8.85. The number of H-pyrrole nitrogens is 1. The van der Waals surface area contributed by atoms with Crippen LogP contribution in [0, 0.1) is 0 Å². The minimum absolute atomic E-state index is 0.282. The van der Waals surface area contributed by atoms with Gasteiger partial charge in [0.25, 0.3) is 0 Å². The molecule has 0 fully saturated rings. The lowest BCUT2D eigenvalue weighted by molar-refractivity contribution is -0.111. The predicted octanol–water partition coefficient (Wildman–Crippen LogP) is 3.77. The SMILES string of the molecule is C=CC(=O)Nc1cncc(-c2cnc3[nH]cc(-c4cc(CC)ncn4)c3c2)c1. The van der Waals surface area contributed by atoms with E-state index in [-0.39, 0.29) is 5.91 Å². The number of rotatable bonds is 5. The van der Waals surface area contributed by atoms with E-state index in [1.807, 2.05) is 24.4 Å². The molecular formula is C21H18N6O. The van der Waals surface area contributed by atoms with Gasteiger partial charge >= 0.3 is 0 Å². The second-order valence-corrected chi connectivity index (χ2v) is 6.23. The molecular weight excluding hydrogens is 352 g/mol. The predicted molar refractivity (Wildman–Crippen MR) is 109 cm³/mol. The Hall–Kier alpha value is -3.87. The number of aromatic nitrogens is 5. The van der Waals surface area contributed by atoms with Crippen LogP contribution in [0.5, 0.6) is 0 Å². The number of hydrogen-bond donors (Lipinski definition) is 2. The van der Waals surface area contributed by atoms with Gasteiger partial charge in [-0.1, -0.05) is 13.5 Å². The highest BCUT2D eigenvalue weighted by Crippen LogP contribution is 2.30. The Kier molecular flexibility index (Phi) is 4.63. The Labute approximate surface area is 161 Å². The Bertz CT molecular complexity index is 1180. The summed E-state index contributed by atoms with van der Waals surface area (Å²) in [6.07, 6.45) is 10.7. The number of aryl methyl sites for hydroxylation is 1. The van der Waals surface area contributed by atoms with Crippen molar-refractivity contribution in [1.29, 1.82) is 0 Å². The van der Waals surface area contributed by atoms with Gasteiger partial charge in [-0.25, -0.2) is 15.0 Å². The maximum Gasteiger partial charge on any atom is 0.247 e. The zero-order valence-corrected chi connectivity index (χ0v) is 15.3. The summed E-state index contributed by atoms with van der Waals surface area (Å²) in [6, 6.07) is 5.88. The molecule has 4 aromatic rings. The van der Waals surface area contributed by atoms with E-state index in [2.05, 4.69) is 43.7 Å². The molecule has 28 heavy (non-hydrogen) atoms. The molecule has 0 saturated carbocycles. The molecule has 0 aliphatic carbocycles. The average molecular weight is 370 g/mol. The minimum atomic E-state index is -0.282. The Balaban J connectivity index is 1.77. The molecule has 2 N–H and O–H groups in total. The standard InChI is InChI=1S/C21H18N6O/c1-3-15-7-19(26-12-25-15)18-11-24-21-17(18)6-14(9-23-21)13-5-16(10-22-8-13)27-20(28)4-2/h4-12H,2-3H2,1H3,(H,23,24)(H,27,28). The van der Waals surface area contributed by atoms with Crippen LogP contribution in [0.3, 0.4) is 0 Å². The normalized spacial score (nSPS) is 10.8. The van der Waals surface area contributed by atoms with Gasteiger partial charge in [0.15, 0.2) is 0 Å². The highest BCUT2D eigenvalue weighted by atomic mass is 16.1. The van der Waals surface area contributed by atoms with Gasteiger partial charge in [-0.3, -0.25) is 9.78 Å². The van der Waals surface area contributed by atoms with Crippen molar-refractivity contribution in [1.82, 2.24) is 24.9 Å². The van der Waals surface area contributed by atoms with Crippen LogP contribution in [0.15, 0.2) is 62.0 Å². The first-order valence-corrected chi connectivity index (χ1v) is 8.85. The fraction of sp³-hybridized carbons (Fsp3) is 0.0952.